The standard InChI is InChI=1S/C19H29BrN2O3/c1-13-10-15(20)11-14(17(13)24-5)12-21-16-6-8-22(9-7-16)18(23)25-19(2,3)4/h10-11,16,21H,6-9,12H2,1-5H3. The van der Waals surface area contributed by atoms with E-state index in [9.17, 15) is 4.79 Å². The van der Waals surface area contributed by atoms with Gasteiger partial charge in [0, 0.05) is 35.7 Å². The SMILES string of the molecule is COc1c(C)cc(Br)cc1CNC1CCN(C(=O)OC(C)(C)C)CC1. The molecule has 0 spiro atoms. The Hall–Kier alpha value is -1.27. The van der Waals surface area contributed by atoms with Crippen molar-refractivity contribution in [3.8, 4) is 5.75 Å². The van der Waals surface area contributed by atoms with Crippen molar-refractivity contribution in [2.45, 2.75) is 58.7 Å². The molecule has 0 saturated carbocycles. The molecule has 1 aliphatic heterocycles. The highest BCUT2D eigenvalue weighted by Gasteiger charge is 2.26. The number of aryl methyl sites for hydroxylation is 1. The van der Waals surface area contributed by atoms with Crippen molar-refractivity contribution in [2.75, 3.05) is 20.2 Å². The van der Waals surface area contributed by atoms with Crippen LogP contribution >= 0.6 is 15.9 Å². The average molecular weight is 413 g/mol. The van der Waals surface area contributed by atoms with Gasteiger partial charge in [-0.1, -0.05) is 15.9 Å². The molecular formula is C19H29BrN2O3. The van der Waals surface area contributed by atoms with Gasteiger partial charge in [-0.25, -0.2) is 4.79 Å². The number of methoxy groups -OCH3 is 1. The molecule has 2 rings (SSSR count). The Kier molecular flexibility index (Phi) is 6.74. The summed E-state index contributed by atoms with van der Waals surface area (Å²) in [5.41, 5.74) is 1.82. The molecule has 1 aliphatic rings. The molecule has 1 heterocycles. The summed E-state index contributed by atoms with van der Waals surface area (Å²) in [6.45, 7) is 9.93. The number of halogens is 1. The molecule has 5 nitrogen and oxygen atoms in total. The van der Waals surface area contributed by atoms with Crippen LogP contribution in [0.3, 0.4) is 0 Å². The third kappa shape index (κ3) is 5.89. The minimum absolute atomic E-state index is 0.213. The summed E-state index contributed by atoms with van der Waals surface area (Å²) in [6, 6.07) is 4.54. The minimum Gasteiger partial charge on any atom is -0.496 e. The Balaban J connectivity index is 1.86. The van der Waals surface area contributed by atoms with Gasteiger partial charge in [0.15, 0.2) is 0 Å². The summed E-state index contributed by atoms with van der Waals surface area (Å²) < 4.78 is 12.0. The molecule has 6 heteroatoms. The van der Waals surface area contributed by atoms with E-state index in [4.69, 9.17) is 9.47 Å². The van der Waals surface area contributed by atoms with Gasteiger partial charge in [-0.2, -0.15) is 0 Å². The van der Waals surface area contributed by atoms with E-state index < -0.39 is 5.60 Å². The molecular weight excluding hydrogens is 384 g/mol. The molecule has 1 N–H and O–H groups in total. The van der Waals surface area contributed by atoms with Gasteiger partial charge in [0.1, 0.15) is 11.4 Å². The van der Waals surface area contributed by atoms with Gasteiger partial charge in [0.05, 0.1) is 7.11 Å². The van der Waals surface area contributed by atoms with E-state index in [1.165, 1.54) is 0 Å². The van der Waals surface area contributed by atoms with Crippen LogP contribution < -0.4 is 10.1 Å². The van der Waals surface area contributed by atoms with E-state index in [1.807, 2.05) is 27.7 Å². The number of hydrogen-bond donors (Lipinski definition) is 1. The smallest absolute Gasteiger partial charge is 0.410 e. The van der Waals surface area contributed by atoms with Crippen LogP contribution in [0, 0.1) is 6.92 Å². The molecule has 0 aliphatic carbocycles. The Bertz CT molecular complexity index is 605. The first-order valence-electron chi connectivity index (χ1n) is 8.74. The predicted octanol–water partition coefficient (Wildman–Crippen LogP) is 4.26. The number of nitrogens with zero attached hydrogens (tertiary/aromatic N) is 1. The highest BCUT2D eigenvalue weighted by molar-refractivity contribution is 9.10. The summed E-state index contributed by atoms with van der Waals surface area (Å²) in [5, 5.41) is 3.60. The zero-order valence-electron chi connectivity index (χ0n) is 15.8. The van der Waals surface area contributed by atoms with Crippen molar-refractivity contribution in [2.24, 2.45) is 0 Å². The Labute approximate surface area is 159 Å². The molecule has 1 saturated heterocycles. The Morgan fingerprint density at radius 3 is 2.52 bits per heavy atom. The number of carbonyl (C=O) groups excluding carboxylic acids is 1. The monoisotopic (exact) mass is 412 g/mol. The Morgan fingerprint density at radius 1 is 1.32 bits per heavy atom. The van der Waals surface area contributed by atoms with Gasteiger partial charge in [-0.05, 0) is 58.2 Å². The molecule has 1 aromatic rings. The van der Waals surface area contributed by atoms with E-state index in [-0.39, 0.29) is 6.09 Å². The second-order valence-corrected chi connectivity index (χ2v) is 8.45. The lowest BCUT2D eigenvalue weighted by Gasteiger charge is -2.34. The number of amides is 1. The third-order valence-corrected chi connectivity index (χ3v) is 4.71. The van der Waals surface area contributed by atoms with Crippen LogP contribution in [-0.4, -0.2) is 42.8 Å². The summed E-state index contributed by atoms with van der Waals surface area (Å²) in [6.07, 6.45) is 1.64. The van der Waals surface area contributed by atoms with E-state index >= 15 is 0 Å². The zero-order chi connectivity index (χ0) is 18.6. The predicted molar refractivity (Wildman–Crippen MR) is 103 cm³/mol. The molecule has 1 fully saturated rings. The van der Waals surface area contributed by atoms with Crippen molar-refractivity contribution in [3.05, 3.63) is 27.7 Å². The maximum atomic E-state index is 12.1. The van der Waals surface area contributed by atoms with Crippen LogP contribution in [0.15, 0.2) is 16.6 Å². The summed E-state index contributed by atoms with van der Waals surface area (Å²) in [4.78, 5) is 13.9. The quantitative estimate of drug-likeness (QED) is 0.802. The van der Waals surface area contributed by atoms with Crippen molar-refractivity contribution in [1.29, 1.82) is 0 Å². The average Bonchev–Trinajstić information content (AvgIpc) is 2.51. The number of benzene rings is 1. The molecule has 25 heavy (non-hydrogen) atoms. The van der Waals surface area contributed by atoms with E-state index in [0.29, 0.717) is 6.04 Å². The lowest BCUT2D eigenvalue weighted by molar-refractivity contribution is 0.0198. The fourth-order valence-electron chi connectivity index (χ4n) is 3.07. The van der Waals surface area contributed by atoms with Crippen LogP contribution in [0.1, 0.15) is 44.7 Å². The molecule has 0 bridgehead atoms. The number of likely N-dealkylation sites (tertiary alicyclic amines) is 1. The maximum Gasteiger partial charge on any atom is 0.410 e. The first-order valence-corrected chi connectivity index (χ1v) is 9.53. The summed E-state index contributed by atoms with van der Waals surface area (Å²) in [7, 11) is 1.71. The maximum absolute atomic E-state index is 12.1. The number of ether oxygens (including phenoxy) is 2. The van der Waals surface area contributed by atoms with Crippen LogP contribution in [0.4, 0.5) is 4.79 Å². The van der Waals surface area contributed by atoms with Crippen molar-refractivity contribution in [1.82, 2.24) is 10.2 Å². The zero-order valence-corrected chi connectivity index (χ0v) is 17.4. The Morgan fingerprint density at radius 2 is 1.96 bits per heavy atom. The van der Waals surface area contributed by atoms with Gasteiger partial charge in [0.2, 0.25) is 0 Å². The van der Waals surface area contributed by atoms with E-state index in [0.717, 1.165) is 53.8 Å². The lowest BCUT2D eigenvalue weighted by atomic mass is 10.0. The van der Waals surface area contributed by atoms with Crippen LogP contribution in [0.25, 0.3) is 0 Å². The molecule has 0 atom stereocenters. The molecule has 0 aromatic heterocycles. The van der Waals surface area contributed by atoms with Gasteiger partial charge in [0.25, 0.3) is 0 Å². The van der Waals surface area contributed by atoms with Crippen LogP contribution in [-0.2, 0) is 11.3 Å². The van der Waals surface area contributed by atoms with Crippen LogP contribution in [0.5, 0.6) is 5.75 Å². The first-order chi connectivity index (χ1) is 11.7. The number of piperidine rings is 1. The number of carbonyl (C=O) groups is 1. The highest BCUT2D eigenvalue weighted by Crippen LogP contribution is 2.28. The fourth-order valence-corrected chi connectivity index (χ4v) is 3.69. The van der Waals surface area contributed by atoms with E-state index in [1.54, 1.807) is 12.0 Å². The van der Waals surface area contributed by atoms with Gasteiger partial charge in [-0.3, -0.25) is 0 Å². The molecule has 140 valence electrons. The third-order valence-electron chi connectivity index (χ3n) is 4.25. The van der Waals surface area contributed by atoms with Crippen molar-refractivity contribution < 1.29 is 14.3 Å². The molecule has 1 aromatic carbocycles. The van der Waals surface area contributed by atoms with Gasteiger partial charge < -0.3 is 19.7 Å². The highest BCUT2D eigenvalue weighted by atomic mass is 79.9. The van der Waals surface area contributed by atoms with Gasteiger partial charge >= 0.3 is 6.09 Å². The van der Waals surface area contributed by atoms with Gasteiger partial charge in [-0.15, -0.1) is 0 Å². The lowest BCUT2D eigenvalue weighted by Crippen LogP contribution is -2.46. The second-order valence-electron chi connectivity index (χ2n) is 7.54. The summed E-state index contributed by atoms with van der Waals surface area (Å²) >= 11 is 3.55. The minimum atomic E-state index is -0.443. The number of rotatable bonds is 4. The van der Waals surface area contributed by atoms with Crippen LogP contribution in [0.2, 0.25) is 0 Å². The first kappa shape index (κ1) is 20.0. The largest absolute Gasteiger partial charge is 0.496 e. The van der Waals surface area contributed by atoms with Crippen molar-refractivity contribution >= 4 is 22.0 Å². The fraction of sp³-hybridized carbons (Fsp3) is 0.632. The van der Waals surface area contributed by atoms with Crippen molar-refractivity contribution in [3.63, 3.8) is 0 Å². The number of nitrogens with one attached hydrogen (secondary N) is 1. The normalized spacial score (nSPS) is 16.0. The molecule has 0 unspecified atom stereocenters. The molecule has 0 radical (unpaired) electrons. The topological polar surface area (TPSA) is 50.8 Å². The second kappa shape index (κ2) is 8.41. The summed E-state index contributed by atoms with van der Waals surface area (Å²) in [5.74, 6) is 0.932. The molecule has 1 amide bonds. The van der Waals surface area contributed by atoms with E-state index in [2.05, 4.69) is 33.4 Å². The number of hydrogen-bond acceptors (Lipinski definition) is 4.